The highest BCUT2D eigenvalue weighted by Crippen LogP contribution is 2.07. The fourth-order valence-corrected chi connectivity index (χ4v) is 2.59. The number of esters is 1. The van der Waals surface area contributed by atoms with E-state index in [0.717, 1.165) is 31.2 Å². The van der Waals surface area contributed by atoms with Gasteiger partial charge in [0.2, 0.25) is 0 Å². The van der Waals surface area contributed by atoms with Crippen molar-refractivity contribution in [3.05, 3.63) is 30.1 Å². The normalized spacial score (nSPS) is 9.67. The van der Waals surface area contributed by atoms with Crippen molar-refractivity contribution in [1.82, 2.24) is 4.98 Å². The summed E-state index contributed by atoms with van der Waals surface area (Å²) in [7, 11) is 0. The van der Waals surface area contributed by atoms with E-state index in [0.29, 0.717) is 13.0 Å². The molecule has 0 amide bonds. The van der Waals surface area contributed by atoms with Gasteiger partial charge in [-0.05, 0) is 37.2 Å². The van der Waals surface area contributed by atoms with Gasteiger partial charge in [0.05, 0.1) is 0 Å². The summed E-state index contributed by atoms with van der Waals surface area (Å²) < 4.78 is 5.21. The summed E-state index contributed by atoms with van der Waals surface area (Å²) in [6.45, 7) is 2.54. The number of nitrogens with zero attached hydrogens (tertiary/aromatic N) is 1. The molecular weight excluding hydrogens is 334 g/mol. The minimum atomic E-state index is -0.165. The van der Waals surface area contributed by atoms with Crippen molar-refractivity contribution in [2.75, 3.05) is 0 Å². The standard InChI is InChI=1S/C24H33NO2/c1-2-3-4-5-6-7-8-9-10-11-12-13-14-15-16-19-24(26)27-22-23-18-17-20-25-21-23/h17-18,20-21H,2-9,14-16,19,22H2,1H3. The third kappa shape index (κ3) is 14.6. The molecule has 0 bridgehead atoms. The molecule has 0 saturated carbocycles. The zero-order valence-corrected chi connectivity index (χ0v) is 16.8. The van der Waals surface area contributed by atoms with Crippen molar-refractivity contribution in [3.63, 3.8) is 0 Å². The van der Waals surface area contributed by atoms with Gasteiger partial charge in [0.15, 0.2) is 0 Å². The molecule has 0 aliphatic rings. The summed E-state index contributed by atoms with van der Waals surface area (Å²) in [4.78, 5) is 15.6. The largest absolute Gasteiger partial charge is 0.461 e. The van der Waals surface area contributed by atoms with Crippen molar-refractivity contribution in [2.45, 2.75) is 90.6 Å². The van der Waals surface area contributed by atoms with Crippen molar-refractivity contribution >= 4 is 5.97 Å². The monoisotopic (exact) mass is 367 g/mol. The number of rotatable bonds is 13. The number of carbonyl (C=O) groups excluding carboxylic acids is 1. The second-order valence-corrected chi connectivity index (χ2v) is 6.70. The van der Waals surface area contributed by atoms with Crippen molar-refractivity contribution < 1.29 is 9.53 Å². The van der Waals surface area contributed by atoms with Crippen LogP contribution >= 0.6 is 0 Å². The van der Waals surface area contributed by atoms with Gasteiger partial charge >= 0.3 is 5.97 Å². The number of carbonyl (C=O) groups is 1. The summed E-state index contributed by atoms with van der Waals surface area (Å²) in [5.74, 6) is 11.8. The van der Waals surface area contributed by atoms with Crippen LogP contribution in [0.25, 0.3) is 0 Å². The molecule has 0 radical (unpaired) electrons. The molecule has 1 aromatic heterocycles. The molecular formula is C24H33NO2. The maximum Gasteiger partial charge on any atom is 0.306 e. The van der Waals surface area contributed by atoms with Crippen LogP contribution in [-0.4, -0.2) is 11.0 Å². The summed E-state index contributed by atoms with van der Waals surface area (Å²) in [5.41, 5.74) is 0.909. The smallest absolute Gasteiger partial charge is 0.306 e. The number of hydrogen-bond donors (Lipinski definition) is 0. The Morgan fingerprint density at radius 2 is 1.63 bits per heavy atom. The van der Waals surface area contributed by atoms with Gasteiger partial charge in [0.1, 0.15) is 6.61 Å². The van der Waals surface area contributed by atoms with Gasteiger partial charge in [0.25, 0.3) is 0 Å². The molecule has 0 aliphatic carbocycles. The van der Waals surface area contributed by atoms with E-state index >= 15 is 0 Å². The van der Waals surface area contributed by atoms with Crippen LogP contribution in [0.4, 0.5) is 0 Å². The Morgan fingerprint density at radius 1 is 0.963 bits per heavy atom. The highest BCUT2D eigenvalue weighted by molar-refractivity contribution is 5.69. The lowest BCUT2D eigenvalue weighted by molar-refractivity contribution is -0.145. The first-order chi connectivity index (χ1) is 13.3. The van der Waals surface area contributed by atoms with E-state index in [1.165, 1.54) is 44.9 Å². The van der Waals surface area contributed by atoms with Crippen LogP contribution in [0.1, 0.15) is 89.5 Å². The topological polar surface area (TPSA) is 39.2 Å². The van der Waals surface area contributed by atoms with E-state index in [2.05, 4.69) is 35.6 Å². The summed E-state index contributed by atoms with van der Waals surface area (Å²) in [6.07, 6.45) is 16.5. The Balaban J connectivity index is 1.93. The molecule has 146 valence electrons. The molecule has 0 fully saturated rings. The number of pyridine rings is 1. The van der Waals surface area contributed by atoms with E-state index in [9.17, 15) is 4.79 Å². The lowest BCUT2D eigenvalue weighted by Gasteiger charge is -2.03. The molecule has 0 saturated heterocycles. The highest BCUT2D eigenvalue weighted by atomic mass is 16.5. The summed E-state index contributed by atoms with van der Waals surface area (Å²) in [6, 6.07) is 3.73. The zero-order valence-electron chi connectivity index (χ0n) is 16.8. The van der Waals surface area contributed by atoms with Crippen LogP contribution < -0.4 is 0 Å². The Kier molecular flexibility index (Phi) is 14.5. The third-order valence-electron chi connectivity index (χ3n) is 4.20. The average Bonchev–Trinajstić information content (AvgIpc) is 2.70. The van der Waals surface area contributed by atoms with E-state index in [1.54, 1.807) is 12.4 Å². The molecule has 1 aromatic rings. The van der Waals surface area contributed by atoms with Gasteiger partial charge in [-0.25, -0.2) is 0 Å². The number of unbranched alkanes of at least 4 members (excludes halogenated alkanes) is 9. The van der Waals surface area contributed by atoms with Crippen LogP contribution in [0, 0.1) is 23.7 Å². The molecule has 0 N–H and O–H groups in total. The minimum absolute atomic E-state index is 0.165. The maximum absolute atomic E-state index is 11.6. The van der Waals surface area contributed by atoms with Gasteiger partial charge in [-0.2, -0.15) is 0 Å². The second kappa shape index (κ2) is 17.2. The molecule has 1 heterocycles. The fourth-order valence-electron chi connectivity index (χ4n) is 2.59. The Hall–Kier alpha value is -2.26. The SMILES string of the molecule is CCCCCCCCCC#CC#CCCCCC(=O)OCc1cccnc1. The van der Waals surface area contributed by atoms with E-state index in [-0.39, 0.29) is 5.97 Å². The molecule has 0 aromatic carbocycles. The highest BCUT2D eigenvalue weighted by Gasteiger charge is 2.02. The predicted molar refractivity (Wildman–Crippen MR) is 111 cm³/mol. The minimum Gasteiger partial charge on any atom is -0.461 e. The Labute approximate surface area is 165 Å². The van der Waals surface area contributed by atoms with Crippen molar-refractivity contribution in [2.24, 2.45) is 0 Å². The molecule has 0 unspecified atom stereocenters. The van der Waals surface area contributed by atoms with Crippen LogP contribution in [0.3, 0.4) is 0 Å². The maximum atomic E-state index is 11.6. The van der Waals surface area contributed by atoms with Gasteiger partial charge in [-0.1, -0.05) is 63.4 Å². The van der Waals surface area contributed by atoms with E-state index in [1.807, 2.05) is 12.1 Å². The lowest BCUT2D eigenvalue weighted by atomic mass is 10.1. The van der Waals surface area contributed by atoms with E-state index in [4.69, 9.17) is 4.74 Å². The third-order valence-corrected chi connectivity index (χ3v) is 4.20. The van der Waals surface area contributed by atoms with E-state index < -0.39 is 0 Å². The van der Waals surface area contributed by atoms with Crippen molar-refractivity contribution in [3.8, 4) is 23.7 Å². The van der Waals surface area contributed by atoms with Crippen LogP contribution in [0.5, 0.6) is 0 Å². The van der Waals surface area contributed by atoms with Gasteiger partial charge in [0, 0.05) is 37.2 Å². The quantitative estimate of drug-likeness (QED) is 0.250. The molecule has 1 rings (SSSR count). The second-order valence-electron chi connectivity index (χ2n) is 6.70. The first kappa shape index (κ1) is 22.8. The zero-order chi connectivity index (χ0) is 19.4. The van der Waals surface area contributed by atoms with Crippen LogP contribution in [0.15, 0.2) is 24.5 Å². The predicted octanol–water partition coefficient (Wildman–Crippen LogP) is 5.83. The van der Waals surface area contributed by atoms with Gasteiger partial charge in [-0.15, -0.1) is 0 Å². The van der Waals surface area contributed by atoms with Gasteiger partial charge < -0.3 is 4.74 Å². The molecule has 0 spiro atoms. The first-order valence-corrected chi connectivity index (χ1v) is 10.3. The number of hydrogen-bond acceptors (Lipinski definition) is 3. The molecule has 0 atom stereocenters. The lowest BCUT2D eigenvalue weighted by Crippen LogP contribution is -2.04. The Morgan fingerprint density at radius 3 is 2.30 bits per heavy atom. The fraction of sp³-hybridized carbons (Fsp3) is 0.583. The summed E-state index contributed by atoms with van der Waals surface area (Å²) >= 11 is 0. The molecule has 3 nitrogen and oxygen atoms in total. The number of aromatic nitrogens is 1. The number of ether oxygens (including phenoxy) is 1. The van der Waals surface area contributed by atoms with Gasteiger partial charge in [-0.3, -0.25) is 9.78 Å². The summed E-state index contributed by atoms with van der Waals surface area (Å²) in [5, 5.41) is 0. The molecule has 27 heavy (non-hydrogen) atoms. The molecule has 0 aliphatic heterocycles. The average molecular weight is 368 g/mol. The Bertz CT molecular complexity index is 617. The first-order valence-electron chi connectivity index (χ1n) is 10.3. The van der Waals surface area contributed by atoms with Crippen LogP contribution in [-0.2, 0) is 16.1 Å². The van der Waals surface area contributed by atoms with Crippen LogP contribution in [0.2, 0.25) is 0 Å². The molecule has 3 heteroatoms. The van der Waals surface area contributed by atoms with Crippen molar-refractivity contribution in [1.29, 1.82) is 0 Å².